The first-order valence-electron chi connectivity index (χ1n) is 5.62. The van der Waals surface area contributed by atoms with Crippen molar-refractivity contribution in [3.8, 4) is 0 Å². The van der Waals surface area contributed by atoms with E-state index < -0.39 is 6.09 Å². The molecule has 0 bridgehead atoms. The lowest BCUT2D eigenvalue weighted by atomic mass is 10.2. The number of hydrogen-bond acceptors (Lipinski definition) is 2. The molecule has 0 spiro atoms. The summed E-state index contributed by atoms with van der Waals surface area (Å²) < 4.78 is 3.31. The van der Waals surface area contributed by atoms with Gasteiger partial charge in [-0.1, -0.05) is 0 Å². The van der Waals surface area contributed by atoms with E-state index >= 15 is 0 Å². The lowest BCUT2D eigenvalue weighted by molar-refractivity contribution is 0.210. The van der Waals surface area contributed by atoms with Crippen LogP contribution in [0.2, 0.25) is 0 Å². The number of pyridine rings is 1. The summed E-state index contributed by atoms with van der Waals surface area (Å²) in [4.78, 5) is 23.0. The minimum absolute atomic E-state index is 0.0276. The van der Waals surface area contributed by atoms with Crippen LogP contribution in [0.15, 0.2) is 23.3 Å². The van der Waals surface area contributed by atoms with Gasteiger partial charge in [0.1, 0.15) is 0 Å². The zero-order valence-corrected chi connectivity index (χ0v) is 10.5. The highest BCUT2D eigenvalue weighted by Crippen LogP contribution is 2.22. The Morgan fingerprint density at radius 2 is 2.11 bits per heavy atom. The van der Waals surface area contributed by atoms with Crippen molar-refractivity contribution in [2.24, 2.45) is 7.05 Å². The number of hydrogen-bond donors (Lipinski definition) is 2. The van der Waals surface area contributed by atoms with Crippen LogP contribution in [0, 0.1) is 0 Å². The van der Waals surface area contributed by atoms with Crippen LogP contribution in [0.1, 0.15) is 19.9 Å². The van der Waals surface area contributed by atoms with Crippen molar-refractivity contribution in [2.75, 3.05) is 5.32 Å². The van der Waals surface area contributed by atoms with Gasteiger partial charge in [-0.2, -0.15) is 0 Å². The summed E-state index contributed by atoms with van der Waals surface area (Å²) in [5.41, 5.74) is 0.840. The number of rotatable bonds is 2. The second-order valence-electron chi connectivity index (χ2n) is 4.47. The fraction of sp³-hybridized carbons (Fsp3) is 0.333. The smallest absolute Gasteiger partial charge is 0.409 e. The van der Waals surface area contributed by atoms with E-state index in [9.17, 15) is 9.59 Å². The fourth-order valence-electron chi connectivity index (χ4n) is 2.03. The van der Waals surface area contributed by atoms with Crippen LogP contribution in [0.25, 0.3) is 10.9 Å². The van der Waals surface area contributed by atoms with Crippen LogP contribution in [-0.2, 0) is 7.05 Å². The van der Waals surface area contributed by atoms with Gasteiger partial charge >= 0.3 is 6.09 Å². The van der Waals surface area contributed by atoms with E-state index in [0.717, 1.165) is 0 Å². The van der Waals surface area contributed by atoms with E-state index in [-0.39, 0.29) is 11.6 Å². The van der Waals surface area contributed by atoms with Crippen LogP contribution in [-0.4, -0.2) is 20.3 Å². The summed E-state index contributed by atoms with van der Waals surface area (Å²) in [5, 5.41) is 11.4. The summed E-state index contributed by atoms with van der Waals surface area (Å²) in [5.74, 6) is 0. The molecule has 0 saturated heterocycles. The average Bonchev–Trinajstić information content (AvgIpc) is 2.55. The SMILES string of the molecule is CC(C)n1ccc2c(c(NC(=O)O)cn2C)c1=O. The van der Waals surface area contributed by atoms with E-state index in [2.05, 4.69) is 5.32 Å². The van der Waals surface area contributed by atoms with Gasteiger partial charge in [0.25, 0.3) is 5.56 Å². The Morgan fingerprint density at radius 1 is 1.44 bits per heavy atom. The standard InChI is InChI=1S/C12H15N3O3/c1-7(2)15-5-4-9-10(11(15)16)8(6-14(9)3)13-12(17)18/h4-7,13H,1-3H3,(H,17,18). The average molecular weight is 249 g/mol. The van der Waals surface area contributed by atoms with Gasteiger partial charge < -0.3 is 14.2 Å². The predicted octanol–water partition coefficient (Wildman–Crippen LogP) is 2.01. The number of carbonyl (C=O) groups is 1. The normalized spacial score (nSPS) is 11.1. The molecule has 0 aliphatic rings. The van der Waals surface area contributed by atoms with Crippen LogP contribution in [0.5, 0.6) is 0 Å². The summed E-state index contributed by atoms with van der Waals surface area (Å²) in [7, 11) is 1.77. The second-order valence-corrected chi connectivity index (χ2v) is 4.47. The van der Waals surface area contributed by atoms with Crippen molar-refractivity contribution in [1.29, 1.82) is 0 Å². The van der Waals surface area contributed by atoms with Gasteiger partial charge in [-0.3, -0.25) is 10.1 Å². The maximum atomic E-state index is 12.3. The third kappa shape index (κ3) is 1.85. The molecule has 2 heterocycles. The first kappa shape index (κ1) is 12.2. The van der Waals surface area contributed by atoms with Gasteiger partial charge in [0.15, 0.2) is 0 Å². The maximum Gasteiger partial charge on any atom is 0.409 e. The quantitative estimate of drug-likeness (QED) is 0.854. The number of anilines is 1. The number of aromatic nitrogens is 2. The van der Waals surface area contributed by atoms with Crippen molar-refractivity contribution >= 4 is 22.7 Å². The third-order valence-corrected chi connectivity index (χ3v) is 2.87. The summed E-state index contributed by atoms with van der Waals surface area (Å²) in [6, 6.07) is 1.84. The fourth-order valence-corrected chi connectivity index (χ4v) is 2.03. The molecule has 0 aliphatic carbocycles. The van der Waals surface area contributed by atoms with E-state index in [1.165, 1.54) is 0 Å². The summed E-state index contributed by atoms with van der Waals surface area (Å²) in [6.07, 6.45) is 2.15. The van der Waals surface area contributed by atoms with Crippen molar-refractivity contribution in [2.45, 2.75) is 19.9 Å². The molecule has 0 unspecified atom stereocenters. The van der Waals surface area contributed by atoms with Gasteiger partial charge in [0.2, 0.25) is 0 Å². The zero-order valence-electron chi connectivity index (χ0n) is 10.5. The lowest BCUT2D eigenvalue weighted by Crippen LogP contribution is -2.22. The minimum atomic E-state index is -1.18. The van der Waals surface area contributed by atoms with Crippen molar-refractivity contribution < 1.29 is 9.90 Å². The molecule has 0 atom stereocenters. The van der Waals surface area contributed by atoms with Crippen LogP contribution in [0.3, 0.4) is 0 Å². The molecule has 0 aromatic carbocycles. The minimum Gasteiger partial charge on any atom is -0.465 e. The number of fused-ring (bicyclic) bond motifs is 1. The molecule has 6 heteroatoms. The Bertz CT molecular complexity index is 667. The topological polar surface area (TPSA) is 76.3 Å². The molecule has 6 nitrogen and oxygen atoms in total. The third-order valence-electron chi connectivity index (χ3n) is 2.87. The maximum absolute atomic E-state index is 12.3. The predicted molar refractivity (Wildman–Crippen MR) is 69.2 cm³/mol. The Balaban J connectivity index is 2.77. The van der Waals surface area contributed by atoms with Crippen molar-refractivity contribution in [3.05, 3.63) is 28.8 Å². The monoisotopic (exact) mass is 249 g/mol. The summed E-state index contributed by atoms with van der Waals surface area (Å²) >= 11 is 0. The molecule has 1 amide bonds. The molecule has 96 valence electrons. The lowest BCUT2D eigenvalue weighted by Gasteiger charge is -2.10. The zero-order chi connectivity index (χ0) is 13.4. The van der Waals surface area contributed by atoms with Gasteiger partial charge in [-0.05, 0) is 19.9 Å². The second kappa shape index (κ2) is 4.21. The van der Waals surface area contributed by atoms with E-state index in [1.807, 2.05) is 19.9 Å². The highest BCUT2D eigenvalue weighted by molar-refractivity contribution is 5.98. The van der Waals surface area contributed by atoms with Gasteiger partial charge in [-0.15, -0.1) is 0 Å². The van der Waals surface area contributed by atoms with Gasteiger partial charge in [0.05, 0.1) is 16.6 Å². The molecule has 2 N–H and O–H groups in total. The molecule has 2 aromatic heterocycles. The van der Waals surface area contributed by atoms with Crippen LogP contribution in [0.4, 0.5) is 10.5 Å². The Morgan fingerprint density at radius 3 is 2.67 bits per heavy atom. The van der Waals surface area contributed by atoms with Gasteiger partial charge in [-0.25, -0.2) is 4.79 Å². The number of carboxylic acid groups (broad SMARTS) is 1. The molecule has 2 rings (SSSR count). The van der Waals surface area contributed by atoms with Crippen LogP contribution >= 0.6 is 0 Å². The Hall–Kier alpha value is -2.24. The summed E-state index contributed by atoms with van der Waals surface area (Å²) in [6.45, 7) is 3.81. The van der Waals surface area contributed by atoms with E-state index in [0.29, 0.717) is 16.6 Å². The van der Waals surface area contributed by atoms with E-state index in [1.54, 1.807) is 28.6 Å². The molecule has 0 fully saturated rings. The molecule has 0 saturated carbocycles. The van der Waals surface area contributed by atoms with Crippen molar-refractivity contribution in [3.63, 3.8) is 0 Å². The number of nitrogens with one attached hydrogen (secondary N) is 1. The Labute approximate surface area is 103 Å². The number of aryl methyl sites for hydroxylation is 1. The largest absolute Gasteiger partial charge is 0.465 e. The Kier molecular flexibility index (Phi) is 2.86. The van der Waals surface area contributed by atoms with E-state index in [4.69, 9.17) is 5.11 Å². The first-order chi connectivity index (χ1) is 8.41. The molecular weight excluding hydrogens is 234 g/mol. The molecule has 0 radical (unpaired) electrons. The molecular formula is C12H15N3O3. The molecule has 2 aromatic rings. The first-order valence-corrected chi connectivity index (χ1v) is 5.62. The van der Waals surface area contributed by atoms with Crippen LogP contribution < -0.4 is 10.9 Å². The number of nitrogens with zero attached hydrogens (tertiary/aromatic N) is 2. The highest BCUT2D eigenvalue weighted by Gasteiger charge is 2.14. The highest BCUT2D eigenvalue weighted by atomic mass is 16.4. The molecule has 18 heavy (non-hydrogen) atoms. The molecule has 0 aliphatic heterocycles. The van der Waals surface area contributed by atoms with Crippen molar-refractivity contribution in [1.82, 2.24) is 9.13 Å². The number of amides is 1. The van der Waals surface area contributed by atoms with Gasteiger partial charge in [0, 0.05) is 25.5 Å².